The molecule has 5 fully saturated rings. The maximum atomic E-state index is 4.08. The molecule has 1 heterocycles. The fourth-order valence-electron chi connectivity index (χ4n) is 6.42. The quantitative estimate of drug-likeness (QED) is 0.826. The van der Waals surface area contributed by atoms with Crippen LogP contribution in [0.25, 0.3) is 0 Å². The van der Waals surface area contributed by atoms with Gasteiger partial charge in [-0.1, -0.05) is 0 Å². The zero-order chi connectivity index (χ0) is 13.6. The smallest absolute Gasteiger partial charge is 0.00980 e. The summed E-state index contributed by atoms with van der Waals surface area (Å²) in [5.74, 6) is 3.25. The first kappa shape index (κ1) is 13.6. The van der Waals surface area contributed by atoms with Crippen molar-refractivity contribution >= 4 is 0 Å². The molecule has 4 aliphatic carbocycles. The summed E-state index contributed by atoms with van der Waals surface area (Å²) in [6.45, 7) is 4.96. The summed E-state index contributed by atoms with van der Waals surface area (Å²) >= 11 is 0. The molecule has 0 aromatic rings. The molecule has 2 nitrogen and oxygen atoms in total. The Morgan fingerprint density at radius 2 is 1.60 bits per heavy atom. The van der Waals surface area contributed by atoms with Gasteiger partial charge in [-0.05, 0) is 101 Å². The van der Waals surface area contributed by atoms with Gasteiger partial charge in [0.2, 0.25) is 0 Å². The number of rotatable bonds is 3. The van der Waals surface area contributed by atoms with Gasteiger partial charge >= 0.3 is 0 Å². The zero-order valence-corrected chi connectivity index (χ0v) is 13.2. The van der Waals surface area contributed by atoms with Crippen molar-refractivity contribution in [3.05, 3.63) is 0 Å². The van der Waals surface area contributed by atoms with E-state index in [4.69, 9.17) is 0 Å². The Kier molecular flexibility index (Phi) is 3.58. The highest BCUT2D eigenvalue weighted by Crippen LogP contribution is 2.61. The van der Waals surface area contributed by atoms with Crippen LogP contribution >= 0.6 is 0 Å². The van der Waals surface area contributed by atoms with Gasteiger partial charge in [0.1, 0.15) is 0 Å². The minimum Gasteiger partial charge on any atom is -0.317 e. The molecule has 0 spiro atoms. The van der Waals surface area contributed by atoms with Crippen molar-refractivity contribution in [1.29, 1.82) is 0 Å². The summed E-state index contributed by atoms with van der Waals surface area (Å²) in [7, 11) is 0. The standard InChI is InChI=1S/C18H32N2/c1-13(20-17-3-2-5-19-6-4-17)18-10-14-7-15(11-18)9-16(8-14)12-18/h13-17,19-20H,2-12H2,1H3. The van der Waals surface area contributed by atoms with Crippen LogP contribution in [0.1, 0.15) is 64.7 Å². The van der Waals surface area contributed by atoms with E-state index in [1.807, 2.05) is 0 Å². The Morgan fingerprint density at radius 3 is 2.25 bits per heavy atom. The topological polar surface area (TPSA) is 24.1 Å². The lowest BCUT2D eigenvalue weighted by atomic mass is 9.48. The summed E-state index contributed by atoms with van der Waals surface area (Å²) in [6, 6.07) is 1.52. The summed E-state index contributed by atoms with van der Waals surface area (Å²) in [5.41, 5.74) is 0.675. The van der Waals surface area contributed by atoms with Crippen LogP contribution in [-0.4, -0.2) is 25.2 Å². The summed E-state index contributed by atoms with van der Waals surface area (Å²) < 4.78 is 0. The van der Waals surface area contributed by atoms with Crippen molar-refractivity contribution in [2.75, 3.05) is 13.1 Å². The first-order chi connectivity index (χ1) is 9.73. The minimum atomic E-state index is 0.675. The second-order valence-corrected chi connectivity index (χ2v) is 8.55. The molecule has 2 heteroatoms. The van der Waals surface area contributed by atoms with E-state index in [2.05, 4.69) is 17.6 Å². The molecule has 2 atom stereocenters. The average Bonchev–Trinajstić information content (AvgIpc) is 2.65. The van der Waals surface area contributed by atoms with Gasteiger partial charge in [0, 0.05) is 12.1 Å². The molecule has 5 aliphatic rings. The Labute approximate surface area is 124 Å². The summed E-state index contributed by atoms with van der Waals surface area (Å²) in [6.07, 6.45) is 13.4. The molecule has 1 saturated heterocycles. The maximum absolute atomic E-state index is 4.08. The van der Waals surface area contributed by atoms with Gasteiger partial charge in [0.05, 0.1) is 0 Å². The second-order valence-electron chi connectivity index (χ2n) is 8.55. The molecule has 4 saturated carbocycles. The lowest BCUT2D eigenvalue weighted by molar-refractivity contribution is -0.0723. The fraction of sp³-hybridized carbons (Fsp3) is 1.00. The third kappa shape index (κ3) is 2.43. The van der Waals surface area contributed by atoms with Crippen LogP contribution in [0, 0.1) is 23.2 Å². The van der Waals surface area contributed by atoms with Crippen molar-refractivity contribution in [1.82, 2.24) is 10.6 Å². The Bertz CT molecular complexity index is 308. The second kappa shape index (κ2) is 5.28. The summed E-state index contributed by atoms with van der Waals surface area (Å²) in [5, 5.41) is 7.62. The highest BCUT2D eigenvalue weighted by Gasteiger charge is 2.53. The fourth-order valence-corrected chi connectivity index (χ4v) is 6.42. The first-order valence-electron chi connectivity index (χ1n) is 9.20. The van der Waals surface area contributed by atoms with Gasteiger partial charge in [0.25, 0.3) is 0 Å². The van der Waals surface area contributed by atoms with Gasteiger partial charge in [-0.2, -0.15) is 0 Å². The molecule has 114 valence electrons. The normalized spacial score (nSPS) is 49.0. The van der Waals surface area contributed by atoms with E-state index >= 15 is 0 Å². The van der Waals surface area contributed by atoms with Crippen molar-refractivity contribution in [2.45, 2.75) is 76.8 Å². The third-order valence-corrected chi connectivity index (χ3v) is 7.07. The van der Waals surface area contributed by atoms with E-state index in [0.717, 1.165) is 29.8 Å². The summed E-state index contributed by atoms with van der Waals surface area (Å²) in [4.78, 5) is 0. The lowest BCUT2D eigenvalue weighted by Crippen LogP contribution is -2.56. The van der Waals surface area contributed by atoms with Crippen LogP contribution in [-0.2, 0) is 0 Å². The van der Waals surface area contributed by atoms with Gasteiger partial charge in [0.15, 0.2) is 0 Å². The molecule has 0 aromatic heterocycles. The molecule has 4 bridgehead atoms. The van der Waals surface area contributed by atoms with Crippen LogP contribution in [0.5, 0.6) is 0 Å². The van der Waals surface area contributed by atoms with Crippen LogP contribution in [0.2, 0.25) is 0 Å². The Hall–Kier alpha value is -0.0800. The first-order valence-corrected chi connectivity index (χ1v) is 9.20. The molecular weight excluding hydrogens is 244 g/mol. The minimum absolute atomic E-state index is 0.675. The van der Waals surface area contributed by atoms with Crippen molar-refractivity contribution < 1.29 is 0 Å². The Morgan fingerprint density at radius 1 is 0.950 bits per heavy atom. The van der Waals surface area contributed by atoms with Crippen molar-refractivity contribution in [3.8, 4) is 0 Å². The molecule has 0 aromatic carbocycles. The molecule has 0 amide bonds. The SMILES string of the molecule is CC(NC1CCCNCC1)C12CC3CC(CC(C3)C1)C2. The third-order valence-electron chi connectivity index (χ3n) is 7.07. The van der Waals surface area contributed by atoms with E-state index in [0.29, 0.717) is 5.41 Å². The van der Waals surface area contributed by atoms with Gasteiger partial charge < -0.3 is 10.6 Å². The molecule has 2 N–H and O–H groups in total. The predicted octanol–water partition coefficient (Wildman–Crippen LogP) is 3.32. The van der Waals surface area contributed by atoms with E-state index in [9.17, 15) is 0 Å². The van der Waals surface area contributed by atoms with Gasteiger partial charge in [-0.25, -0.2) is 0 Å². The number of hydrogen-bond donors (Lipinski definition) is 2. The van der Waals surface area contributed by atoms with E-state index in [1.54, 1.807) is 38.5 Å². The highest BCUT2D eigenvalue weighted by atomic mass is 15.0. The molecule has 20 heavy (non-hydrogen) atoms. The number of nitrogens with one attached hydrogen (secondary N) is 2. The zero-order valence-electron chi connectivity index (χ0n) is 13.2. The van der Waals surface area contributed by atoms with Crippen LogP contribution in [0.4, 0.5) is 0 Å². The molecular formula is C18H32N2. The van der Waals surface area contributed by atoms with E-state index < -0.39 is 0 Å². The van der Waals surface area contributed by atoms with Crippen molar-refractivity contribution in [2.24, 2.45) is 23.2 Å². The lowest BCUT2D eigenvalue weighted by Gasteiger charge is -2.59. The monoisotopic (exact) mass is 276 g/mol. The molecule has 5 rings (SSSR count). The number of hydrogen-bond acceptors (Lipinski definition) is 2. The van der Waals surface area contributed by atoms with Crippen molar-refractivity contribution in [3.63, 3.8) is 0 Å². The van der Waals surface area contributed by atoms with Crippen LogP contribution < -0.4 is 10.6 Å². The predicted molar refractivity (Wildman–Crippen MR) is 83.7 cm³/mol. The molecule has 0 radical (unpaired) electrons. The molecule has 2 unspecified atom stereocenters. The largest absolute Gasteiger partial charge is 0.317 e. The van der Waals surface area contributed by atoms with E-state index in [1.165, 1.54) is 32.4 Å². The van der Waals surface area contributed by atoms with Gasteiger partial charge in [-0.15, -0.1) is 0 Å². The van der Waals surface area contributed by atoms with E-state index in [-0.39, 0.29) is 0 Å². The maximum Gasteiger partial charge on any atom is 0.00980 e. The van der Waals surface area contributed by atoms with Gasteiger partial charge in [-0.3, -0.25) is 0 Å². The van der Waals surface area contributed by atoms with Crippen LogP contribution in [0.15, 0.2) is 0 Å². The highest BCUT2D eigenvalue weighted by molar-refractivity contribution is 5.05. The Balaban J connectivity index is 1.43. The van der Waals surface area contributed by atoms with Crippen LogP contribution in [0.3, 0.4) is 0 Å². The average molecular weight is 276 g/mol. The molecule has 1 aliphatic heterocycles.